The van der Waals surface area contributed by atoms with Gasteiger partial charge in [0.15, 0.2) is 0 Å². The van der Waals surface area contributed by atoms with Crippen molar-refractivity contribution in [2.24, 2.45) is 0 Å². The largest absolute Gasteiger partial charge is 0.427 e. The second-order valence-corrected chi connectivity index (χ2v) is 3.75. The van der Waals surface area contributed by atoms with Gasteiger partial charge in [0.05, 0.1) is 0 Å². The summed E-state index contributed by atoms with van der Waals surface area (Å²) in [5.74, 6) is 0.328. The van der Waals surface area contributed by atoms with Crippen molar-refractivity contribution >= 4 is 16.7 Å². The van der Waals surface area contributed by atoms with Gasteiger partial charge < -0.3 is 4.74 Å². The molecule has 16 heavy (non-hydrogen) atoms. The van der Waals surface area contributed by atoms with Crippen molar-refractivity contribution in [3.05, 3.63) is 42.0 Å². The lowest BCUT2D eigenvalue weighted by Crippen LogP contribution is -2.01. The first kappa shape index (κ1) is 10.7. The summed E-state index contributed by atoms with van der Waals surface area (Å²) >= 11 is 0. The molecule has 0 radical (unpaired) electrons. The van der Waals surface area contributed by atoms with Gasteiger partial charge in [0.1, 0.15) is 5.75 Å². The van der Waals surface area contributed by atoms with E-state index >= 15 is 0 Å². The fourth-order valence-electron chi connectivity index (χ4n) is 1.85. The van der Waals surface area contributed by atoms with E-state index in [1.54, 1.807) is 0 Å². The van der Waals surface area contributed by atoms with Crippen LogP contribution in [0.2, 0.25) is 0 Å². The predicted molar refractivity (Wildman–Crippen MR) is 64.6 cm³/mol. The summed E-state index contributed by atoms with van der Waals surface area (Å²) in [5.41, 5.74) is 1.27. The lowest BCUT2D eigenvalue weighted by atomic mass is 10.0. The zero-order valence-corrected chi connectivity index (χ0v) is 9.49. The number of rotatable bonds is 2. The summed E-state index contributed by atoms with van der Waals surface area (Å²) < 4.78 is 5.08. The van der Waals surface area contributed by atoms with Crippen LogP contribution in [0.15, 0.2) is 36.4 Å². The minimum Gasteiger partial charge on any atom is -0.427 e. The molecule has 0 spiro atoms. The van der Waals surface area contributed by atoms with E-state index in [-0.39, 0.29) is 5.97 Å². The Morgan fingerprint density at radius 1 is 1.25 bits per heavy atom. The van der Waals surface area contributed by atoms with E-state index in [0.717, 1.165) is 11.8 Å². The minimum atomic E-state index is -0.284. The van der Waals surface area contributed by atoms with Gasteiger partial charge in [-0.05, 0) is 34.9 Å². The molecular formula is C14H14O2. The number of benzene rings is 2. The Morgan fingerprint density at radius 2 is 2.06 bits per heavy atom. The van der Waals surface area contributed by atoms with Crippen LogP contribution in [-0.2, 0) is 11.2 Å². The third kappa shape index (κ3) is 2.06. The van der Waals surface area contributed by atoms with Crippen LogP contribution < -0.4 is 4.74 Å². The van der Waals surface area contributed by atoms with E-state index in [1.165, 1.54) is 17.9 Å². The molecule has 0 N–H and O–H groups in total. The molecular weight excluding hydrogens is 200 g/mol. The zero-order valence-electron chi connectivity index (χ0n) is 9.49. The summed E-state index contributed by atoms with van der Waals surface area (Å²) in [4.78, 5) is 10.9. The highest BCUT2D eigenvalue weighted by Crippen LogP contribution is 2.24. The second kappa shape index (κ2) is 4.35. The molecule has 0 fully saturated rings. The highest BCUT2D eigenvalue weighted by molar-refractivity contribution is 5.87. The third-order valence-corrected chi connectivity index (χ3v) is 2.59. The SMILES string of the molecule is CCc1cccc2ccc(OC(C)=O)cc12. The second-order valence-electron chi connectivity index (χ2n) is 3.75. The Bertz CT molecular complexity index is 529. The molecule has 0 heterocycles. The van der Waals surface area contributed by atoms with E-state index in [2.05, 4.69) is 19.1 Å². The topological polar surface area (TPSA) is 26.3 Å². The molecule has 2 nitrogen and oxygen atoms in total. The molecule has 0 atom stereocenters. The van der Waals surface area contributed by atoms with Gasteiger partial charge in [-0.3, -0.25) is 4.79 Å². The number of hydrogen-bond donors (Lipinski definition) is 0. The van der Waals surface area contributed by atoms with Gasteiger partial charge >= 0.3 is 5.97 Å². The Morgan fingerprint density at radius 3 is 2.75 bits per heavy atom. The molecule has 0 saturated carbocycles. The molecule has 82 valence electrons. The first-order chi connectivity index (χ1) is 7.70. The zero-order chi connectivity index (χ0) is 11.5. The Balaban J connectivity index is 2.54. The van der Waals surface area contributed by atoms with Crippen LogP contribution in [0.1, 0.15) is 19.4 Å². The molecule has 0 aliphatic carbocycles. The number of aryl methyl sites for hydroxylation is 1. The molecule has 0 saturated heterocycles. The standard InChI is InChI=1S/C14H14O2/c1-3-11-5-4-6-12-7-8-13(9-14(11)12)16-10(2)15/h4-9H,3H2,1-2H3. The predicted octanol–water partition coefficient (Wildman–Crippen LogP) is 3.33. The van der Waals surface area contributed by atoms with Crippen molar-refractivity contribution < 1.29 is 9.53 Å². The maximum Gasteiger partial charge on any atom is 0.308 e. The average Bonchev–Trinajstić information content (AvgIpc) is 2.27. The summed E-state index contributed by atoms with van der Waals surface area (Å²) in [5, 5.41) is 2.33. The van der Waals surface area contributed by atoms with Crippen molar-refractivity contribution in [1.29, 1.82) is 0 Å². The third-order valence-electron chi connectivity index (χ3n) is 2.59. The molecule has 0 aromatic heterocycles. The van der Waals surface area contributed by atoms with Gasteiger partial charge in [0.25, 0.3) is 0 Å². The fraction of sp³-hybridized carbons (Fsp3) is 0.214. The van der Waals surface area contributed by atoms with Crippen LogP contribution in [0.5, 0.6) is 5.75 Å². The van der Waals surface area contributed by atoms with Gasteiger partial charge in [-0.15, -0.1) is 0 Å². The van der Waals surface area contributed by atoms with Gasteiger partial charge in [0, 0.05) is 6.92 Å². The van der Waals surface area contributed by atoms with Crippen LogP contribution >= 0.6 is 0 Å². The fourth-order valence-corrected chi connectivity index (χ4v) is 1.85. The maximum atomic E-state index is 10.9. The normalized spacial score (nSPS) is 10.4. The number of hydrogen-bond acceptors (Lipinski definition) is 2. The molecule has 2 rings (SSSR count). The summed E-state index contributed by atoms with van der Waals surface area (Å²) in [7, 11) is 0. The molecule has 0 amide bonds. The van der Waals surface area contributed by atoms with Crippen LogP contribution in [0.4, 0.5) is 0 Å². The number of esters is 1. The van der Waals surface area contributed by atoms with E-state index in [9.17, 15) is 4.79 Å². The smallest absolute Gasteiger partial charge is 0.308 e. The van der Waals surface area contributed by atoms with E-state index < -0.39 is 0 Å². The van der Waals surface area contributed by atoms with Crippen molar-refractivity contribution in [3.63, 3.8) is 0 Å². The van der Waals surface area contributed by atoms with Crippen molar-refractivity contribution in [1.82, 2.24) is 0 Å². The number of ether oxygens (including phenoxy) is 1. The van der Waals surface area contributed by atoms with Gasteiger partial charge in [0.2, 0.25) is 0 Å². The molecule has 0 unspecified atom stereocenters. The minimum absolute atomic E-state index is 0.284. The van der Waals surface area contributed by atoms with E-state index in [1.807, 2.05) is 24.3 Å². The van der Waals surface area contributed by atoms with Crippen LogP contribution in [0.25, 0.3) is 10.8 Å². The van der Waals surface area contributed by atoms with Gasteiger partial charge in [-0.1, -0.05) is 31.2 Å². The van der Waals surface area contributed by atoms with Gasteiger partial charge in [-0.25, -0.2) is 0 Å². The highest BCUT2D eigenvalue weighted by atomic mass is 16.5. The first-order valence-corrected chi connectivity index (χ1v) is 5.41. The number of carbonyl (C=O) groups is 1. The average molecular weight is 214 g/mol. The monoisotopic (exact) mass is 214 g/mol. The van der Waals surface area contributed by atoms with Crippen LogP contribution in [0, 0.1) is 0 Å². The summed E-state index contributed by atoms with van der Waals surface area (Å²) in [6.07, 6.45) is 0.973. The molecule has 2 aromatic carbocycles. The van der Waals surface area contributed by atoms with Crippen LogP contribution in [0.3, 0.4) is 0 Å². The van der Waals surface area contributed by atoms with Crippen molar-refractivity contribution in [2.75, 3.05) is 0 Å². The quantitative estimate of drug-likeness (QED) is 0.566. The lowest BCUT2D eigenvalue weighted by molar-refractivity contribution is -0.131. The maximum absolute atomic E-state index is 10.9. The Hall–Kier alpha value is -1.83. The first-order valence-electron chi connectivity index (χ1n) is 5.41. The van der Waals surface area contributed by atoms with Crippen molar-refractivity contribution in [3.8, 4) is 5.75 Å². The van der Waals surface area contributed by atoms with E-state index in [4.69, 9.17) is 4.74 Å². The van der Waals surface area contributed by atoms with Crippen molar-refractivity contribution in [2.45, 2.75) is 20.3 Å². The molecule has 0 aliphatic heterocycles. The highest BCUT2D eigenvalue weighted by Gasteiger charge is 2.03. The van der Waals surface area contributed by atoms with E-state index in [0.29, 0.717) is 5.75 Å². The molecule has 0 aliphatic rings. The van der Waals surface area contributed by atoms with Crippen LogP contribution in [-0.4, -0.2) is 5.97 Å². The number of fused-ring (bicyclic) bond motifs is 1. The molecule has 2 heteroatoms. The molecule has 2 aromatic rings. The Kier molecular flexibility index (Phi) is 2.91. The Labute approximate surface area is 94.8 Å². The number of carbonyl (C=O) groups excluding carboxylic acids is 1. The van der Waals surface area contributed by atoms with Gasteiger partial charge in [-0.2, -0.15) is 0 Å². The summed E-state index contributed by atoms with van der Waals surface area (Å²) in [6.45, 7) is 3.53. The molecule has 0 bridgehead atoms. The summed E-state index contributed by atoms with van der Waals surface area (Å²) in [6, 6.07) is 11.9. The lowest BCUT2D eigenvalue weighted by Gasteiger charge is -2.06.